The number of piperidine rings is 1. The van der Waals surface area contributed by atoms with Gasteiger partial charge in [0.05, 0.1) is 16.9 Å². The quantitative estimate of drug-likeness (QED) is 0.616. The molecule has 5 rings (SSSR count). The lowest BCUT2D eigenvalue weighted by Crippen LogP contribution is -2.44. The van der Waals surface area contributed by atoms with Gasteiger partial charge in [0.1, 0.15) is 23.1 Å². The van der Waals surface area contributed by atoms with Gasteiger partial charge in [0, 0.05) is 43.4 Å². The normalized spacial score (nSPS) is 21.1. The lowest BCUT2D eigenvalue weighted by atomic mass is 9.95. The summed E-state index contributed by atoms with van der Waals surface area (Å²) in [6.45, 7) is 1.49. The van der Waals surface area contributed by atoms with Gasteiger partial charge in [0.2, 0.25) is 5.43 Å². The van der Waals surface area contributed by atoms with Crippen molar-refractivity contribution in [1.29, 1.82) is 0 Å². The third-order valence-electron chi connectivity index (χ3n) is 5.99. The molecule has 1 unspecified atom stereocenters. The molecule has 1 aliphatic carbocycles. The Morgan fingerprint density at radius 1 is 1.37 bits per heavy atom. The number of halogens is 1. The lowest BCUT2D eigenvalue weighted by molar-refractivity contribution is 0.209. The first-order chi connectivity index (χ1) is 14.5. The number of oxime groups is 1. The largest absolute Gasteiger partial charge is 0.399 e. The molecule has 0 bridgehead atoms. The van der Waals surface area contributed by atoms with Gasteiger partial charge < -0.3 is 20.0 Å². The summed E-state index contributed by atoms with van der Waals surface area (Å²) < 4.78 is 19.9. The Morgan fingerprint density at radius 3 is 2.87 bits per heavy atom. The molecular weight excluding hydrogens is 409 g/mol. The Bertz CT molecular complexity index is 1290. The SMILES string of the molecule is CO/N=C1/CCN(c2cc3c(cc2F)c(=O)c2c(=O)[nH]sc2n3C2CC2)CC1CN. The highest BCUT2D eigenvalue weighted by Crippen LogP contribution is 2.41. The Morgan fingerprint density at radius 2 is 2.17 bits per heavy atom. The Hall–Kier alpha value is -2.72. The minimum atomic E-state index is -0.476. The standard InChI is InChI=1S/C20H22FN5O3S/c1-29-23-14-4-5-25(9-10(14)8-22)16-7-15-12(6-13(16)21)18(27)17-19(28)24-30-20(17)26(15)11-2-3-11/h6-7,10-11H,2-5,8-9,22H2,1H3,(H,24,28)/b23-14-. The number of anilines is 1. The first kappa shape index (κ1) is 19.3. The first-order valence-corrected chi connectivity index (χ1v) is 10.8. The van der Waals surface area contributed by atoms with Gasteiger partial charge in [-0.3, -0.25) is 14.0 Å². The number of H-pyrrole nitrogens is 1. The minimum Gasteiger partial charge on any atom is -0.399 e. The molecule has 0 radical (unpaired) electrons. The molecular formula is C20H22FN5O3S. The molecule has 0 spiro atoms. The number of fused-ring (bicyclic) bond motifs is 2. The fourth-order valence-corrected chi connectivity index (χ4v) is 5.29. The van der Waals surface area contributed by atoms with Gasteiger partial charge in [-0.1, -0.05) is 5.16 Å². The Kier molecular flexibility index (Phi) is 4.62. The third-order valence-corrected chi connectivity index (χ3v) is 6.87. The van der Waals surface area contributed by atoms with Crippen LogP contribution in [0, 0.1) is 11.7 Å². The fraction of sp³-hybridized carbons (Fsp3) is 0.450. The number of rotatable bonds is 4. The van der Waals surface area contributed by atoms with Gasteiger partial charge in [0.15, 0.2) is 0 Å². The summed E-state index contributed by atoms with van der Waals surface area (Å²) in [6.07, 6.45) is 2.57. The average Bonchev–Trinajstić information content (AvgIpc) is 3.50. The highest BCUT2D eigenvalue weighted by Gasteiger charge is 2.31. The molecule has 0 amide bonds. The summed E-state index contributed by atoms with van der Waals surface area (Å²) in [5.74, 6) is -0.507. The van der Waals surface area contributed by atoms with E-state index in [0.29, 0.717) is 42.1 Å². The molecule has 1 aliphatic heterocycles. The van der Waals surface area contributed by atoms with E-state index in [1.165, 1.54) is 24.7 Å². The average molecular weight is 431 g/mol. The van der Waals surface area contributed by atoms with Crippen LogP contribution in [0.4, 0.5) is 10.1 Å². The highest BCUT2D eigenvalue weighted by atomic mass is 32.1. The van der Waals surface area contributed by atoms with E-state index in [4.69, 9.17) is 10.6 Å². The van der Waals surface area contributed by atoms with E-state index in [9.17, 15) is 9.59 Å². The molecule has 3 heterocycles. The van der Waals surface area contributed by atoms with Crippen molar-refractivity contribution >= 4 is 44.1 Å². The van der Waals surface area contributed by atoms with Crippen LogP contribution >= 0.6 is 11.5 Å². The van der Waals surface area contributed by atoms with Crippen molar-refractivity contribution in [3.8, 4) is 0 Å². The summed E-state index contributed by atoms with van der Waals surface area (Å²) in [5, 5.41) is 4.43. The second-order valence-corrected chi connectivity index (χ2v) is 8.65. The predicted molar refractivity (Wildman–Crippen MR) is 116 cm³/mol. The second kappa shape index (κ2) is 7.21. The number of pyridine rings is 1. The number of aromatic amines is 1. The molecule has 1 saturated carbocycles. The van der Waals surface area contributed by atoms with Crippen LogP contribution in [0.1, 0.15) is 25.3 Å². The van der Waals surface area contributed by atoms with Crippen molar-refractivity contribution in [3.05, 3.63) is 38.5 Å². The van der Waals surface area contributed by atoms with Crippen molar-refractivity contribution in [2.45, 2.75) is 25.3 Å². The maximum atomic E-state index is 15.2. The maximum absolute atomic E-state index is 15.2. The van der Waals surface area contributed by atoms with E-state index in [1.54, 1.807) is 6.07 Å². The van der Waals surface area contributed by atoms with Crippen LogP contribution in [0.3, 0.4) is 0 Å². The monoisotopic (exact) mass is 431 g/mol. The molecule has 8 nitrogen and oxygen atoms in total. The van der Waals surface area contributed by atoms with Crippen LogP contribution < -0.4 is 21.6 Å². The first-order valence-electron chi connectivity index (χ1n) is 9.97. The third kappa shape index (κ3) is 2.93. The molecule has 1 atom stereocenters. The lowest BCUT2D eigenvalue weighted by Gasteiger charge is -2.35. The van der Waals surface area contributed by atoms with Crippen LogP contribution in [0.5, 0.6) is 0 Å². The number of nitrogens with zero attached hydrogens (tertiary/aromatic N) is 3. The van der Waals surface area contributed by atoms with Crippen LogP contribution in [0.15, 0.2) is 26.9 Å². The van der Waals surface area contributed by atoms with Gasteiger partial charge in [0.25, 0.3) is 5.56 Å². The zero-order valence-electron chi connectivity index (χ0n) is 16.5. The topological polar surface area (TPSA) is 106 Å². The molecule has 10 heteroatoms. The number of nitrogens with two attached hydrogens (primary N) is 1. The van der Waals surface area contributed by atoms with Crippen molar-refractivity contribution < 1.29 is 9.23 Å². The molecule has 30 heavy (non-hydrogen) atoms. The number of hydrogen-bond donors (Lipinski definition) is 2. The van der Waals surface area contributed by atoms with E-state index in [-0.39, 0.29) is 22.7 Å². The molecule has 2 aliphatic rings. The van der Waals surface area contributed by atoms with Crippen molar-refractivity contribution in [3.63, 3.8) is 0 Å². The summed E-state index contributed by atoms with van der Waals surface area (Å²) in [6, 6.07) is 3.25. The fourth-order valence-electron chi connectivity index (χ4n) is 4.36. The summed E-state index contributed by atoms with van der Waals surface area (Å²) >= 11 is 1.17. The molecule has 3 N–H and O–H groups in total. The van der Waals surface area contributed by atoms with Gasteiger partial charge in [-0.25, -0.2) is 4.39 Å². The van der Waals surface area contributed by atoms with E-state index in [0.717, 1.165) is 18.6 Å². The van der Waals surface area contributed by atoms with E-state index < -0.39 is 16.8 Å². The van der Waals surface area contributed by atoms with Crippen LogP contribution in [0.2, 0.25) is 0 Å². The van der Waals surface area contributed by atoms with Gasteiger partial charge >= 0.3 is 0 Å². The van der Waals surface area contributed by atoms with E-state index >= 15 is 4.39 Å². The van der Waals surface area contributed by atoms with E-state index in [1.807, 2.05) is 9.47 Å². The van der Waals surface area contributed by atoms with Gasteiger partial charge in [-0.15, -0.1) is 0 Å². The van der Waals surface area contributed by atoms with Crippen molar-refractivity contribution in [2.75, 3.05) is 31.6 Å². The molecule has 2 fully saturated rings. The summed E-state index contributed by atoms with van der Waals surface area (Å²) in [4.78, 5) is 32.7. The van der Waals surface area contributed by atoms with Crippen LogP contribution in [-0.2, 0) is 4.84 Å². The highest BCUT2D eigenvalue weighted by molar-refractivity contribution is 7.12. The predicted octanol–water partition coefficient (Wildman–Crippen LogP) is 2.17. The Labute approximate surface area is 174 Å². The number of benzene rings is 1. The smallest absolute Gasteiger partial charge is 0.271 e. The summed E-state index contributed by atoms with van der Waals surface area (Å²) in [7, 11) is 1.50. The molecule has 1 saturated heterocycles. The zero-order valence-corrected chi connectivity index (χ0v) is 17.3. The number of hydrogen-bond acceptors (Lipinski definition) is 7. The summed E-state index contributed by atoms with van der Waals surface area (Å²) in [5.41, 5.74) is 7.07. The zero-order chi connectivity index (χ0) is 21.0. The maximum Gasteiger partial charge on any atom is 0.271 e. The molecule has 1 aromatic carbocycles. The van der Waals surface area contributed by atoms with Gasteiger partial charge in [-0.2, -0.15) is 0 Å². The van der Waals surface area contributed by atoms with Gasteiger partial charge in [-0.05, 0) is 36.5 Å². The van der Waals surface area contributed by atoms with Crippen molar-refractivity contribution in [1.82, 2.24) is 8.94 Å². The Balaban J connectivity index is 1.68. The minimum absolute atomic E-state index is 0.0307. The number of nitrogens with one attached hydrogen (secondary N) is 1. The molecule has 2 aromatic heterocycles. The van der Waals surface area contributed by atoms with Crippen molar-refractivity contribution in [2.24, 2.45) is 16.8 Å². The molecule has 158 valence electrons. The molecule has 3 aromatic rings. The van der Waals surface area contributed by atoms with Crippen LogP contribution in [0.25, 0.3) is 21.1 Å². The van der Waals surface area contributed by atoms with E-state index in [2.05, 4.69) is 9.53 Å². The second-order valence-electron chi connectivity index (χ2n) is 7.86. The number of aromatic nitrogens is 2. The van der Waals surface area contributed by atoms with Crippen LogP contribution in [-0.4, -0.2) is 41.4 Å².